The first kappa shape index (κ1) is 15.5. The number of hydrogen-bond acceptors (Lipinski definition) is 4. The van der Waals surface area contributed by atoms with Crippen molar-refractivity contribution in [3.63, 3.8) is 0 Å². The summed E-state index contributed by atoms with van der Waals surface area (Å²) in [7, 11) is -0.903. The van der Waals surface area contributed by atoms with E-state index in [0.717, 1.165) is 31.8 Å². The SMILES string of the molecule is Cn1ccnc1C1CCN(C(=O)C2CCS(=O)(=O)CC2)CC1. The zero-order valence-electron chi connectivity index (χ0n) is 12.9. The maximum atomic E-state index is 12.5. The molecule has 0 aromatic carbocycles. The minimum absolute atomic E-state index is 0.103. The molecule has 1 aromatic heterocycles. The molecule has 1 aromatic rings. The van der Waals surface area contributed by atoms with Crippen LogP contribution in [0.25, 0.3) is 0 Å². The molecule has 3 heterocycles. The fraction of sp³-hybridized carbons (Fsp3) is 0.733. The van der Waals surface area contributed by atoms with Crippen LogP contribution in [0.2, 0.25) is 0 Å². The number of aromatic nitrogens is 2. The minimum atomic E-state index is -2.90. The van der Waals surface area contributed by atoms with Gasteiger partial charge in [-0.3, -0.25) is 4.79 Å². The first-order chi connectivity index (χ1) is 10.5. The number of nitrogens with zero attached hydrogens (tertiary/aromatic N) is 3. The Kier molecular flexibility index (Phi) is 4.25. The van der Waals surface area contributed by atoms with Crippen molar-refractivity contribution in [2.45, 2.75) is 31.6 Å². The summed E-state index contributed by atoms with van der Waals surface area (Å²) >= 11 is 0. The van der Waals surface area contributed by atoms with Crippen LogP contribution in [0.5, 0.6) is 0 Å². The van der Waals surface area contributed by atoms with Crippen molar-refractivity contribution in [2.24, 2.45) is 13.0 Å². The van der Waals surface area contributed by atoms with Crippen molar-refractivity contribution < 1.29 is 13.2 Å². The molecule has 0 atom stereocenters. The minimum Gasteiger partial charge on any atom is -0.342 e. The lowest BCUT2D eigenvalue weighted by molar-refractivity contribution is -0.136. The fourth-order valence-electron chi connectivity index (χ4n) is 3.52. The Hall–Kier alpha value is -1.37. The number of hydrogen-bond donors (Lipinski definition) is 0. The van der Waals surface area contributed by atoms with Crippen LogP contribution in [-0.2, 0) is 21.7 Å². The molecule has 0 radical (unpaired) electrons. The molecule has 1 amide bonds. The number of amides is 1. The highest BCUT2D eigenvalue weighted by Gasteiger charge is 2.33. The molecular formula is C15H23N3O3S. The molecule has 0 N–H and O–H groups in total. The van der Waals surface area contributed by atoms with Crippen LogP contribution in [0.15, 0.2) is 12.4 Å². The van der Waals surface area contributed by atoms with Crippen molar-refractivity contribution in [2.75, 3.05) is 24.6 Å². The highest BCUT2D eigenvalue weighted by Crippen LogP contribution is 2.29. The van der Waals surface area contributed by atoms with Gasteiger partial charge < -0.3 is 9.47 Å². The molecule has 0 unspecified atom stereocenters. The predicted molar refractivity (Wildman–Crippen MR) is 83.1 cm³/mol. The fourth-order valence-corrected chi connectivity index (χ4v) is 5.02. The topological polar surface area (TPSA) is 72.3 Å². The van der Waals surface area contributed by atoms with Gasteiger partial charge in [-0.15, -0.1) is 0 Å². The molecule has 122 valence electrons. The lowest BCUT2D eigenvalue weighted by Crippen LogP contribution is -2.43. The first-order valence-electron chi connectivity index (χ1n) is 7.93. The van der Waals surface area contributed by atoms with Crippen molar-refractivity contribution in [3.8, 4) is 0 Å². The molecule has 2 saturated heterocycles. The Morgan fingerprint density at radius 2 is 1.82 bits per heavy atom. The van der Waals surface area contributed by atoms with E-state index in [-0.39, 0.29) is 23.3 Å². The van der Waals surface area contributed by atoms with Crippen molar-refractivity contribution >= 4 is 15.7 Å². The van der Waals surface area contributed by atoms with E-state index in [1.807, 2.05) is 28.9 Å². The van der Waals surface area contributed by atoms with Gasteiger partial charge in [-0.05, 0) is 25.7 Å². The second-order valence-electron chi connectivity index (χ2n) is 6.42. The Labute approximate surface area is 131 Å². The van der Waals surface area contributed by atoms with Gasteiger partial charge in [0.05, 0.1) is 11.5 Å². The smallest absolute Gasteiger partial charge is 0.225 e. The van der Waals surface area contributed by atoms with Crippen molar-refractivity contribution in [3.05, 3.63) is 18.2 Å². The average molecular weight is 325 g/mol. The van der Waals surface area contributed by atoms with Gasteiger partial charge in [0.2, 0.25) is 5.91 Å². The van der Waals surface area contributed by atoms with Crippen molar-refractivity contribution in [1.29, 1.82) is 0 Å². The summed E-state index contributed by atoms with van der Waals surface area (Å²) in [5, 5.41) is 0. The van der Waals surface area contributed by atoms with Gasteiger partial charge in [0.25, 0.3) is 0 Å². The Morgan fingerprint density at radius 1 is 1.18 bits per heavy atom. The van der Waals surface area contributed by atoms with Gasteiger partial charge in [0, 0.05) is 44.4 Å². The molecule has 0 bridgehead atoms. The highest BCUT2D eigenvalue weighted by molar-refractivity contribution is 7.91. The van der Waals surface area contributed by atoms with Gasteiger partial charge in [0.15, 0.2) is 0 Å². The Morgan fingerprint density at radius 3 is 2.36 bits per heavy atom. The number of aryl methyl sites for hydroxylation is 1. The van der Waals surface area contributed by atoms with Crippen LogP contribution in [0.3, 0.4) is 0 Å². The molecule has 2 aliphatic rings. The van der Waals surface area contributed by atoms with Gasteiger partial charge >= 0.3 is 0 Å². The maximum absolute atomic E-state index is 12.5. The molecule has 0 aliphatic carbocycles. The summed E-state index contributed by atoms with van der Waals surface area (Å²) in [6.07, 6.45) is 6.61. The third-order valence-electron chi connectivity index (χ3n) is 4.93. The van der Waals surface area contributed by atoms with Crippen LogP contribution in [-0.4, -0.2) is 53.4 Å². The second-order valence-corrected chi connectivity index (χ2v) is 8.73. The predicted octanol–water partition coefficient (Wildman–Crippen LogP) is 0.951. The lowest BCUT2D eigenvalue weighted by atomic mass is 9.93. The van der Waals surface area contributed by atoms with Gasteiger partial charge in [-0.25, -0.2) is 13.4 Å². The van der Waals surface area contributed by atoms with E-state index in [0.29, 0.717) is 18.8 Å². The van der Waals surface area contributed by atoms with Gasteiger partial charge in [0.1, 0.15) is 15.7 Å². The summed E-state index contributed by atoms with van der Waals surface area (Å²) in [6.45, 7) is 1.50. The Balaban J connectivity index is 1.55. The summed E-state index contributed by atoms with van der Waals surface area (Å²) in [5.41, 5.74) is 0. The standard InChI is InChI=1S/C15H23N3O3S/c1-17-9-6-16-14(17)12-2-7-18(8-3-12)15(19)13-4-10-22(20,21)11-5-13/h6,9,12-13H,2-5,7-8,10-11H2,1H3. The molecule has 2 fully saturated rings. The second kappa shape index (κ2) is 6.02. The average Bonchev–Trinajstić information content (AvgIpc) is 2.93. The van der Waals surface area contributed by atoms with E-state index in [1.54, 1.807) is 0 Å². The molecule has 6 nitrogen and oxygen atoms in total. The number of carbonyl (C=O) groups is 1. The van der Waals surface area contributed by atoms with E-state index < -0.39 is 9.84 Å². The molecule has 2 aliphatic heterocycles. The number of imidazole rings is 1. The maximum Gasteiger partial charge on any atom is 0.225 e. The number of sulfone groups is 1. The van der Waals surface area contributed by atoms with Crippen LogP contribution >= 0.6 is 0 Å². The van der Waals surface area contributed by atoms with E-state index >= 15 is 0 Å². The normalized spacial score (nSPS) is 23.6. The van der Waals surface area contributed by atoms with E-state index in [1.165, 1.54) is 0 Å². The molecular weight excluding hydrogens is 302 g/mol. The quantitative estimate of drug-likeness (QED) is 0.811. The zero-order valence-corrected chi connectivity index (χ0v) is 13.8. The lowest BCUT2D eigenvalue weighted by Gasteiger charge is -2.35. The number of piperidine rings is 1. The highest BCUT2D eigenvalue weighted by atomic mass is 32.2. The largest absolute Gasteiger partial charge is 0.342 e. The molecule has 22 heavy (non-hydrogen) atoms. The van der Waals surface area contributed by atoms with Crippen molar-refractivity contribution in [1.82, 2.24) is 14.5 Å². The first-order valence-corrected chi connectivity index (χ1v) is 9.75. The molecule has 0 saturated carbocycles. The van der Waals surface area contributed by atoms with E-state index in [2.05, 4.69) is 4.98 Å². The summed E-state index contributed by atoms with van der Waals surface area (Å²) in [5.74, 6) is 1.87. The molecule has 7 heteroatoms. The summed E-state index contributed by atoms with van der Waals surface area (Å²) < 4.78 is 25.0. The monoisotopic (exact) mass is 325 g/mol. The van der Waals surface area contributed by atoms with E-state index in [4.69, 9.17) is 0 Å². The van der Waals surface area contributed by atoms with Crippen LogP contribution in [0, 0.1) is 5.92 Å². The van der Waals surface area contributed by atoms with Gasteiger partial charge in [-0.2, -0.15) is 0 Å². The number of carbonyl (C=O) groups excluding carboxylic acids is 1. The van der Waals surface area contributed by atoms with Crippen LogP contribution in [0.1, 0.15) is 37.4 Å². The number of rotatable bonds is 2. The van der Waals surface area contributed by atoms with Crippen LogP contribution in [0.4, 0.5) is 0 Å². The van der Waals surface area contributed by atoms with E-state index in [9.17, 15) is 13.2 Å². The summed E-state index contributed by atoms with van der Waals surface area (Å²) in [4.78, 5) is 18.9. The third-order valence-corrected chi connectivity index (χ3v) is 6.65. The molecule has 3 rings (SSSR count). The zero-order chi connectivity index (χ0) is 15.7. The Bertz CT molecular complexity index is 631. The number of likely N-dealkylation sites (tertiary alicyclic amines) is 1. The van der Waals surface area contributed by atoms with Crippen LogP contribution < -0.4 is 0 Å². The third kappa shape index (κ3) is 3.19. The van der Waals surface area contributed by atoms with Gasteiger partial charge in [-0.1, -0.05) is 0 Å². The summed E-state index contributed by atoms with van der Waals surface area (Å²) in [6, 6.07) is 0. The molecule has 0 spiro atoms.